The van der Waals surface area contributed by atoms with Gasteiger partial charge in [0.15, 0.2) is 0 Å². The second-order valence-electron chi connectivity index (χ2n) is 6.78. The van der Waals surface area contributed by atoms with Crippen molar-refractivity contribution >= 4 is 0 Å². The smallest absolute Gasteiger partial charge is 0.109 e. The first kappa shape index (κ1) is 15.5. The molecule has 4 nitrogen and oxygen atoms in total. The van der Waals surface area contributed by atoms with Gasteiger partial charge in [-0.3, -0.25) is 4.90 Å². The van der Waals surface area contributed by atoms with E-state index in [9.17, 15) is 0 Å². The van der Waals surface area contributed by atoms with Crippen LogP contribution in [0.3, 0.4) is 0 Å². The van der Waals surface area contributed by atoms with Crippen molar-refractivity contribution in [3.63, 3.8) is 0 Å². The third kappa shape index (κ3) is 3.41. The average molecular weight is 278 g/mol. The summed E-state index contributed by atoms with van der Waals surface area (Å²) in [5, 5.41) is 3.75. The molecule has 0 saturated carbocycles. The number of aryl methyl sites for hydroxylation is 1. The predicted molar refractivity (Wildman–Crippen MR) is 83.8 cm³/mol. The molecule has 2 unspecified atom stereocenters. The van der Waals surface area contributed by atoms with Crippen molar-refractivity contribution in [2.24, 2.45) is 13.0 Å². The molecule has 1 aliphatic heterocycles. The van der Waals surface area contributed by atoms with Crippen LogP contribution in [0, 0.1) is 5.92 Å². The molecule has 1 saturated heterocycles. The number of imidazole rings is 1. The first-order valence-electron chi connectivity index (χ1n) is 7.90. The highest BCUT2D eigenvalue weighted by Gasteiger charge is 2.35. The summed E-state index contributed by atoms with van der Waals surface area (Å²) >= 11 is 0. The minimum Gasteiger partial charge on any atom is -0.338 e. The number of hydrogen-bond donors (Lipinski definition) is 1. The van der Waals surface area contributed by atoms with Crippen LogP contribution >= 0.6 is 0 Å². The van der Waals surface area contributed by atoms with E-state index in [0.29, 0.717) is 12.0 Å². The Bertz CT molecular complexity index is 426. The van der Waals surface area contributed by atoms with Crippen molar-refractivity contribution in [1.29, 1.82) is 0 Å². The number of rotatable bonds is 5. The van der Waals surface area contributed by atoms with E-state index in [1.165, 1.54) is 12.2 Å². The lowest BCUT2D eigenvalue weighted by Gasteiger charge is -2.47. The largest absolute Gasteiger partial charge is 0.338 e. The molecule has 20 heavy (non-hydrogen) atoms. The number of nitrogens with one attached hydrogen (secondary N) is 1. The van der Waals surface area contributed by atoms with Gasteiger partial charge in [-0.15, -0.1) is 0 Å². The van der Waals surface area contributed by atoms with Crippen molar-refractivity contribution in [3.8, 4) is 0 Å². The fraction of sp³-hybridized carbons (Fsp3) is 0.812. The Morgan fingerprint density at radius 1 is 1.50 bits per heavy atom. The van der Waals surface area contributed by atoms with Gasteiger partial charge in [0.2, 0.25) is 0 Å². The lowest BCUT2D eigenvalue weighted by Crippen LogP contribution is -2.64. The first-order chi connectivity index (χ1) is 9.45. The summed E-state index contributed by atoms with van der Waals surface area (Å²) in [6.45, 7) is 12.6. The lowest BCUT2D eigenvalue weighted by molar-refractivity contribution is 0.0608. The molecule has 0 amide bonds. The number of hydrogen-bond acceptors (Lipinski definition) is 3. The van der Waals surface area contributed by atoms with Crippen LogP contribution in [0.2, 0.25) is 0 Å². The molecule has 0 aromatic carbocycles. The fourth-order valence-corrected chi connectivity index (χ4v) is 3.12. The third-order valence-corrected chi connectivity index (χ3v) is 4.85. The van der Waals surface area contributed by atoms with Crippen molar-refractivity contribution < 1.29 is 0 Å². The van der Waals surface area contributed by atoms with Gasteiger partial charge in [0.25, 0.3) is 0 Å². The van der Waals surface area contributed by atoms with Crippen LogP contribution in [0.25, 0.3) is 0 Å². The molecule has 1 fully saturated rings. The van der Waals surface area contributed by atoms with Crippen LogP contribution < -0.4 is 5.32 Å². The zero-order valence-corrected chi connectivity index (χ0v) is 13.7. The summed E-state index contributed by atoms with van der Waals surface area (Å²) in [6, 6.07) is 0.634. The Hall–Kier alpha value is -0.870. The molecule has 0 bridgehead atoms. The van der Waals surface area contributed by atoms with Crippen LogP contribution in [-0.4, -0.2) is 45.7 Å². The maximum absolute atomic E-state index is 4.45. The second kappa shape index (κ2) is 6.27. The molecule has 0 radical (unpaired) electrons. The molecule has 1 aliphatic rings. The molecule has 2 heterocycles. The highest BCUT2D eigenvalue weighted by molar-refractivity contribution is 4.98. The maximum Gasteiger partial charge on any atom is 0.109 e. The van der Waals surface area contributed by atoms with Crippen molar-refractivity contribution in [2.45, 2.75) is 52.1 Å². The minimum atomic E-state index is 0.257. The zero-order chi connectivity index (χ0) is 14.8. The van der Waals surface area contributed by atoms with Gasteiger partial charge in [-0.25, -0.2) is 4.98 Å². The van der Waals surface area contributed by atoms with Crippen molar-refractivity contribution in [3.05, 3.63) is 18.2 Å². The average Bonchev–Trinajstić information content (AvgIpc) is 2.81. The zero-order valence-electron chi connectivity index (χ0n) is 13.7. The molecule has 114 valence electrons. The van der Waals surface area contributed by atoms with Crippen LogP contribution in [0.4, 0.5) is 0 Å². The normalized spacial score (nSPS) is 28.2. The van der Waals surface area contributed by atoms with E-state index < -0.39 is 0 Å². The second-order valence-corrected chi connectivity index (χ2v) is 6.78. The summed E-state index contributed by atoms with van der Waals surface area (Å²) in [6.07, 6.45) is 6.13. The number of piperazine rings is 1. The summed E-state index contributed by atoms with van der Waals surface area (Å²) in [5.74, 6) is 1.87. The summed E-state index contributed by atoms with van der Waals surface area (Å²) in [7, 11) is 2.08. The summed E-state index contributed by atoms with van der Waals surface area (Å²) in [4.78, 5) is 7.11. The Balaban J connectivity index is 2.02. The monoisotopic (exact) mass is 278 g/mol. The van der Waals surface area contributed by atoms with E-state index in [1.54, 1.807) is 0 Å². The molecule has 1 aromatic rings. The van der Waals surface area contributed by atoms with Gasteiger partial charge in [0.1, 0.15) is 5.82 Å². The van der Waals surface area contributed by atoms with E-state index in [1.807, 2.05) is 12.4 Å². The van der Waals surface area contributed by atoms with Crippen LogP contribution in [0.5, 0.6) is 0 Å². The first-order valence-corrected chi connectivity index (χ1v) is 7.90. The molecule has 1 N–H and O–H groups in total. The topological polar surface area (TPSA) is 33.1 Å². The van der Waals surface area contributed by atoms with Gasteiger partial charge in [-0.1, -0.05) is 20.8 Å². The van der Waals surface area contributed by atoms with Crippen molar-refractivity contribution in [1.82, 2.24) is 19.8 Å². The molecular weight excluding hydrogens is 248 g/mol. The highest BCUT2D eigenvalue weighted by Crippen LogP contribution is 2.22. The van der Waals surface area contributed by atoms with Crippen molar-refractivity contribution in [2.75, 3.05) is 19.6 Å². The highest BCUT2D eigenvalue weighted by atomic mass is 15.3. The maximum atomic E-state index is 4.45. The molecule has 2 rings (SSSR count). The van der Waals surface area contributed by atoms with Crippen LogP contribution in [-0.2, 0) is 13.5 Å². The van der Waals surface area contributed by atoms with E-state index in [0.717, 1.165) is 26.1 Å². The molecule has 0 aliphatic carbocycles. The van der Waals surface area contributed by atoms with E-state index in [2.05, 4.69) is 54.5 Å². The Morgan fingerprint density at radius 2 is 2.25 bits per heavy atom. The molecular formula is C16H30N4. The van der Waals surface area contributed by atoms with Gasteiger partial charge in [0, 0.05) is 57.1 Å². The predicted octanol–water partition coefficient (Wildman–Crippen LogP) is 2.06. The standard InChI is InChI=1S/C16H30N4/c1-6-16(4)12-20(14(11-18-16)13(2)3)9-7-15-17-8-10-19(15)5/h8,10,13-14,18H,6-7,9,11-12H2,1-5H3. The van der Waals surface area contributed by atoms with Crippen LogP contribution in [0.1, 0.15) is 39.9 Å². The molecule has 0 spiro atoms. The van der Waals surface area contributed by atoms with Gasteiger partial charge in [-0.05, 0) is 19.3 Å². The Labute approximate surface area is 123 Å². The van der Waals surface area contributed by atoms with E-state index in [4.69, 9.17) is 0 Å². The van der Waals surface area contributed by atoms with E-state index >= 15 is 0 Å². The number of aromatic nitrogens is 2. The number of nitrogens with zero attached hydrogens (tertiary/aromatic N) is 3. The van der Waals surface area contributed by atoms with Gasteiger partial charge in [-0.2, -0.15) is 0 Å². The van der Waals surface area contributed by atoms with Crippen LogP contribution in [0.15, 0.2) is 12.4 Å². The van der Waals surface area contributed by atoms with Gasteiger partial charge < -0.3 is 9.88 Å². The summed E-state index contributed by atoms with van der Waals surface area (Å²) in [5.41, 5.74) is 0.257. The third-order valence-electron chi connectivity index (χ3n) is 4.85. The summed E-state index contributed by atoms with van der Waals surface area (Å²) < 4.78 is 2.13. The Kier molecular flexibility index (Phi) is 4.86. The van der Waals surface area contributed by atoms with Gasteiger partial charge >= 0.3 is 0 Å². The minimum absolute atomic E-state index is 0.257. The molecule has 2 atom stereocenters. The van der Waals surface area contributed by atoms with Gasteiger partial charge in [0.05, 0.1) is 0 Å². The lowest BCUT2D eigenvalue weighted by atomic mass is 9.90. The SMILES string of the molecule is CCC1(C)CN(CCc2nccn2C)C(C(C)C)CN1. The molecule has 4 heteroatoms. The van der Waals surface area contributed by atoms with E-state index in [-0.39, 0.29) is 5.54 Å². The quantitative estimate of drug-likeness (QED) is 0.895. The molecule has 1 aromatic heterocycles. The Morgan fingerprint density at radius 3 is 2.80 bits per heavy atom. The fourth-order valence-electron chi connectivity index (χ4n) is 3.12.